The van der Waals surface area contributed by atoms with E-state index >= 15 is 0 Å². The molecule has 0 aromatic carbocycles. The maximum Gasteiger partial charge on any atom is 0.407 e. The minimum atomic E-state index is -1.42. The van der Waals surface area contributed by atoms with E-state index in [1.807, 2.05) is 0 Å². The summed E-state index contributed by atoms with van der Waals surface area (Å²) < 4.78 is 13.8. The van der Waals surface area contributed by atoms with Crippen LogP contribution in [0.3, 0.4) is 0 Å². The fourth-order valence-electron chi connectivity index (χ4n) is 1.99. The first kappa shape index (κ1) is 13.7. The van der Waals surface area contributed by atoms with Crippen molar-refractivity contribution in [2.75, 3.05) is 13.1 Å². The standard InChI is InChI=1S/C11H13ClFN3O3/c12-6-3-9(14-4-6)10(17)15-8-1-2-16(11(18)19)5-7(8)13/h3-4,7-8,14H,1-2,5H2,(H,15,17)(H,18,19)/t7-,8+/m0/s1. The second-order valence-electron chi connectivity index (χ2n) is 4.34. The lowest BCUT2D eigenvalue weighted by atomic mass is 10.0. The molecule has 0 unspecified atom stereocenters. The van der Waals surface area contributed by atoms with Gasteiger partial charge in [0.05, 0.1) is 17.6 Å². The highest BCUT2D eigenvalue weighted by atomic mass is 35.5. The number of halogens is 2. The highest BCUT2D eigenvalue weighted by molar-refractivity contribution is 6.30. The van der Waals surface area contributed by atoms with Gasteiger partial charge in [-0.2, -0.15) is 0 Å². The summed E-state index contributed by atoms with van der Waals surface area (Å²) in [6.45, 7) is -0.0298. The Morgan fingerprint density at radius 2 is 2.32 bits per heavy atom. The number of aromatic nitrogens is 1. The summed E-state index contributed by atoms with van der Waals surface area (Å²) in [6.07, 6.45) is -0.868. The van der Waals surface area contributed by atoms with E-state index in [1.54, 1.807) is 0 Å². The number of likely N-dealkylation sites (tertiary alicyclic amines) is 1. The first-order valence-electron chi connectivity index (χ1n) is 5.74. The number of H-pyrrole nitrogens is 1. The Bertz CT molecular complexity index is 493. The van der Waals surface area contributed by atoms with Gasteiger partial charge in [0, 0.05) is 12.7 Å². The van der Waals surface area contributed by atoms with Crippen molar-refractivity contribution in [3.05, 3.63) is 23.0 Å². The van der Waals surface area contributed by atoms with Crippen LogP contribution in [-0.2, 0) is 0 Å². The Morgan fingerprint density at radius 1 is 1.58 bits per heavy atom. The van der Waals surface area contributed by atoms with Gasteiger partial charge in [-0.25, -0.2) is 9.18 Å². The number of carbonyl (C=O) groups is 2. The summed E-state index contributed by atoms with van der Waals surface area (Å²) in [7, 11) is 0. The molecule has 2 rings (SSSR count). The normalized spacial score (nSPS) is 23.2. The summed E-state index contributed by atoms with van der Waals surface area (Å²) in [5.74, 6) is -0.455. The molecule has 6 nitrogen and oxygen atoms in total. The molecule has 0 aliphatic carbocycles. The molecule has 0 saturated carbocycles. The van der Waals surface area contributed by atoms with Crippen LogP contribution in [0.1, 0.15) is 16.9 Å². The summed E-state index contributed by atoms with van der Waals surface area (Å²) in [5.41, 5.74) is 0.248. The van der Waals surface area contributed by atoms with Crippen LogP contribution in [0.4, 0.5) is 9.18 Å². The topological polar surface area (TPSA) is 85.4 Å². The molecule has 1 aromatic rings. The number of piperidine rings is 1. The van der Waals surface area contributed by atoms with E-state index in [4.69, 9.17) is 16.7 Å². The quantitative estimate of drug-likeness (QED) is 0.771. The monoisotopic (exact) mass is 289 g/mol. The maximum atomic E-state index is 13.8. The van der Waals surface area contributed by atoms with E-state index in [9.17, 15) is 14.0 Å². The molecule has 0 radical (unpaired) electrons. The summed E-state index contributed by atoms with van der Waals surface area (Å²) in [6, 6.07) is 0.751. The number of amides is 2. The number of carboxylic acid groups (broad SMARTS) is 1. The van der Waals surface area contributed by atoms with Gasteiger partial charge in [0.15, 0.2) is 0 Å². The van der Waals surface area contributed by atoms with Crippen LogP contribution in [-0.4, -0.2) is 52.3 Å². The molecule has 104 valence electrons. The number of carbonyl (C=O) groups excluding carboxylic acids is 1. The Labute approximate surface area is 113 Å². The van der Waals surface area contributed by atoms with Crippen LogP contribution in [0.5, 0.6) is 0 Å². The van der Waals surface area contributed by atoms with Gasteiger partial charge in [-0.15, -0.1) is 0 Å². The zero-order valence-electron chi connectivity index (χ0n) is 9.90. The van der Waals surface area contributed by atoms with Gasteiger partial charge in [-0.3, -0.25) is 4.79 Å². The van der Waals surface area contributed by atoms with Gasteiger partial charge >= 0.3 is 6.09 Å². The number of nitrogens with zero attached hydrogens (tertiary/aromatic N) is 1. The number of aromatic amines is 1. The van der Waals surface area contributed by atoms with Gasteiger partial charge in [0.1, 0.15) is 11.9 Å². The van der Waals surface area contributed by atoms with Crippen molar-refractivity contribution in [3.63, 3.8) is 0 Å². The highest BCUT2D eigenvalue weighted by Gasteiger charge is 2.32. The maximum absolute atomic E-state index is 13.8. The molecule has 0 bridgehead atoms. The van der Waals surface area contributed by atoms with Crippen LogP contribution in [0.25, 0.3) is 0 Å². The molecule has 1 aromatic heterocycles. The van der Waals surface area contributed by atoms with E-state index < -0.39 is 24.2 Å². The van der Waals surface area contributed by atoms with E-state index in [1.165, 1.54) is 12.3 Å². The van der Waals surface area contributed by atoms with E-state index in [0.29, 0.717) is 5.02 Å². The first-order valence-corrected chi connectivity index (χ1v) is 6.12. The fraction of sp³-hybridized carbons (Fsp3) is 0.455. The molecule has 1 aliphatic rings. The SMILES string of the molecule is O=C(N[C@@H]1CCN(C(=O)O)C[C@@H]1F)c1cc(Cl)c[nH]1. The lowest BCUT2D eigenvalue weighted by Gasteiger charge is -2.33. The van der Waals surface area contributed by atoms with Crippen molar-refractivity contribution in [1.82, 2.24) is 15.2 Å². The van der Waals surface area contributed by atoms with Crippen molar-refractivity contribution in [2.24, 2.45) is 0 Å². The minimum absolute atomic E-state index is 0.201. The smallest absolute Gasteiger partial charge is 0.407 e. The minimum Gasteiger partial charge on any atom is -0.465 e. The Kier molecular flexibility index (Phi) is 3.94. The number of hydrogen-bond acceptors (Lipinski definition) is 2. The molecular weight excluding hydrogens is 277 g/mol. The number of rotatable bonds is 2. The molecule has 3 N–H and O–H groups in total. The summed E-state index contributed by atoms with van der Waals surface area (Å²) in [4.78, 5) is 26.2. The van der Waals surface area contributed by atoms with Crippen molar-refractivity contribution in [3.8, 4) is 0 Å². The van der Waals surface area contributed by atoms with Crippen molar-refractivity contribution in [2.45, 2.75) is 18.6 Å². The zero-order chi connectivity index (χ0) is 14.0. The van der Waals surface area contributed by atoms with Crippen LogP contribution >= 0.6 is 11.6 Å². The molecular formula is C11H13ClFN3O3. The lowest BCUT2D eigenvalue weighted by Crippen LogP contribution is -2.53. The van der Waals surface area contributed by atoms with Crippen LogP contribution in [0.15, 0.2) is 12.3 Å². The van der Waals surface area contributed by atoms with Crippen LogP contribution < -0.4 is 5.32 Å². The molecule has 1 saturated heterocycles. The average molecular weight is 290 g/mol. The van der Waals surface area contributed by atoms with Crippen LogP contribution in [0.2, 0.25) is 5.02 Å². The summed E-state index contributed by atoms with van der Waals surface area (Å²) >= 11 is 5.67. The van der Waals surface area contributed by atoms with Crippen molar-refractivity contribution in [1.29, 1.82) is 0 Å². The van der Waals surface area contributed by atoms with Gasteiger partial charge in [0.2, 0.25) is 0 Å². The Hall–Kier alpha value is -1.76. The van der Waals surface area contributed by atoms with E-state index in [-0.39, 0.29) is 25.2 Å². The zero-order valence-corrected chi connectivity index (χ0v) is 10.7. The number of hydrogen-bond donors (Lipinski definition) is 3. The van der Waals surface area contributed by atoms with E-state index in [0.717, 1.165) is 4.90 Å². The van der Waals surface area contributed by atoms with E-state index in [2.05, 4.69) is 10.3 Å². The fourth-order valence-corrected chi connectivity index (χ4v) is 2.15. The Balaban J connectivity index is 1.93. The molecule has 2 atom stereocenters. The third-order valence-electron chi connectivity index (χ3n) is 3.02. The van der Waals surface area contributed by atoms with Gasteiger partial charge in [-0.1, -0.05) is 11.6 Å². The van der Waals surface area contributed by atoms with Gasteiger partial charge in [-0.05, 0) is 12.5 Å². The molecule has 19 heavy (non-hydrogen) atoms. The molecule has 2 heterocycles. The molecule has 8 heteroatoms. The molecule has 1 aliphatic heterocycles. The van der Waals surface area contributed by atoms with Crippen LogP contribution in [0, 0.1) is 0 Å². The Morgan fingerprint density at radius 3 is 2.84 bits per heavy atom. The number of alkyl halides is 1. The molecule has 1 fully saturated rings. The summed E-state index contributed by atoms with van der Waals surface area (Å²) in [5, 5.41) is 11.7. The average Bonchev–Trinajstić information content (AvgIpc) is 2.78. The largest absolute Gasteiger partial charge is 0.465 e. The molecule has 2 amide bonds. The molecule has 0 spiro atoms. The number of nitrogens with one attached hydrogen (secondary N) is 2. The van der Waals surface area contributed by atoms with Gasteiger partial charge < -0.3 is 20.3 Å². The third kappa shape index (κ3) is 3.17. The lowest BCUT2D eigenvalue weighted by molar-refractivity contribution is 0.0750. The van der Waals surface area contributed by atoms with Crippen molar-refractivity contribution >= 4 is 23.6 Å². The second kappa shape index (κ2) is 5.48. The third-order valence-corrected chi connectivity index (χ3v) is 3.24. The second-order valence-corrected chi connectivity index (χ2v) is 4.78. The van der Waals surface area contributed by atoms with Crippen molar-refractivity contribution < 1.29 is 19.1 Å². The van der Waals surface area contributed by atoms with Gasteiger partial charge in [0.25, 0.3) is 5.91 Å². The predicted molar refractivity (Wildman–Crippen MR) is 66.2 cm³/mol. The highest BCUT2D eigenvalue weighted by Crippen LogP contribution is 2.16. The predicted octanol–water partition coefficient (Wildman–Crippen LogP) is 1.49. The first-order chi connectivity index (χ1) is 8.97.